The maximum absolute atomic E-state index is 12.0. The number of hydrogen-bond donors (Lipinski definition) is 0. The molecular weight excluding hydrogens is 278 g/mol. The van der Waals surface area contributed by atoms with Crippen molar-refractivity contribution in [2.45, 2.75) is 32.6 Å². The smallest absolute Gasteiger partial charge is 0.154 e. The van der Waals surface area contributed by atoms with Crippen LogP contribution in [0.3, 0.4) is 0 Å². The highest BCUT2D eigenvalue weighted by Crippen LogP contribution is 2.22. The number of hydrogen-bond acceptors (Lipinski definition) is 2. The number of halogens is 1. The molecule has 90 valence electrons. The summed E-state index contributed by atoms with van der Waals surface area (Å²) < 4.78 is 0.895. The molecule has 0 aliphatic heterocycles. The van der Waals surface area contributed by atoms with Gasteiger partial charge in [-0.15, -0.1) is 0 Å². The topological polar surface area (TPSA) is 40.9 Å². The van der Waals surface area contributed by atoms with Crippen molar-refractivity contribution in [1.82, 2.24) is 0 Å². The van der Waals surface area contributed by atoms with E-state index in [2.05, 4.69) is 35.8 Å². The summed E-state index contributed by atoms with van der Waals surface area (Å²) in [6.07, 6.45) is 1.31. The maximum Gasteiger partial charge on any atom is 0.154 e. The number of carbonyl (C=O) groups excluding carboxylic acids is 1. The van der Waals surface area contributed by atoms with E-state index in [1.807, 2.05) is 24.3 Å². The van der Waals surface area contributed by atoms with Gasteiger partial charge in [-0.1, -0.05) is 41.9 Å². The van der Waals surface area contributed by atoms with Crippen LogP contribution in [-0.4, -0.2) is 5.78 Å². The molecule has 0 radical (unpaired) electrons. The quantitative estimate of drug-likeness (QED) is 0.821. The SMILES string of the molecule is CC(C)CCC(=O)C(C#N)c1cccc(Br)c1. The summed E-state index contributed by atoms with van der Waals surface area (Å²) in [4.78, 5) is 12.0. The summed E-state index contributed by atoms with van der Waals surface area (Å²) in [5.41, 5.74) is 0.774. The second-order valence-electron chi connectivity index (χ2n) is 4.52. The fourth-order valence-electron chi connectivity index (χ4n) is 1.59. The Bertz CT molecular complexity index is 434. The molecule has 0 fully saturated rings. The van der Waals surface area contributed by atoms with Gasteiger partial charge in [0.1, 0.15) is 5.92 Å². The summed E-state index contributed by atoms with van der Waals surface area (Å²) in [5.74, 6) is -0.133. The molecule has 1 aromatic carbocycles. The van der Waals surface area contributed by atoms with E-state index in [-0.39, 0.29) is 5.78 Å². The van der Waals surface area contributed by atoms with Crippen molar-refractivity contribution >= 4 is 21.7 Å². The van der Waals surface area contributed by atoms with Crippen molar-refractivity contribution < 1.29 is 4.79 Å². The number of rotatable bonds is 5. The van der Waals surface area contributed by atoms with Crippen molar-refractivity contribution in [2.75, 3.05) is 0 Å². The molecule has 0 aliphatic carbocycles. The van der Waals surface area contributed by atoms with Crippen molar-refractivity contribution in [3.63, 3.8) is 0 Å². The third-order valence-corrected chi connectivity index (χ3v) is 3.09. The lowest BCUT2D eigenvalue weighted by Gasteiger charge is -2.10. The van der Waals surface area contributed by atoms with Crippen LogP contribution in [0, 0.1) is 17.2 Å². The van der Waals surface area contributed by atoms with Crippen LogP contribution in [0.5, 0.6) is 0 Å². The minimum absolute atomic E-state index is 0.0132. The first-order chi connectivity index (χ1) is 8.04. The zero-order valence-corrected chi connectivity index (χ0v) is 11.7. The molecule has 17 heavy (non-hydrogen) atoms. The molecule has 1 rings (SSSR count). The maximum atomic E-state index is 12.0. The lowest BCUT2D eigenvalue weighted by molar-refractivity contribution is -0.119. The van der Waals surface area contributed by atoms with Gasteiger partial charge >= 0.3 is 0 Å². The zero-order chi connectivity index (χ0) is 12.8. The van der Waals surface area contributed by atoms with E-state index in [1.54, 1.807) is 0 Å². The van der Waals surface area contributed by atoms with Gasteiger partial charge in [0.25, 0.3) is 0 Å². The minimum Gasteiger partial charge on any atom is -0.298 e. The molecule has 0 saturated heterocycles. The van der Waals surface area contributed by atoms with Crippen LogP contribution in [0.2, 0.25) is 0 Å². The van der Waals surface area contributed by atoms with Crippen molar-refractivity contribution in [2.24, 2.45) is 5.92 Å². The third kappa shape index (κ3) is 4.32. The van der Waals surface area contributed by atoms with Crippen molar-refractivity contribution in [3.05, 3.63) is 34.3 Å². The highest BCUT2D eigenvalue weighted by Gasteiger charge is 2.19. The molecule has 1 atom stereocenters. The Morgan fingerprint density at radius 3 is 2.71 bits per heavy atom. The lowest BCUT2D eigenvalue weighted by atomic mass is 9.92. The lowest BCUT2D eigenvalue weighted by Crippen LogP contribution is -2.11. The van der Waals surface area contributed by atoms with E-state index >= 15 is 0 Å². The first-order valence-corrected chi connectivity index (χ1v) is 6.51. The highest BCUT2D eigenvalue weighted by molar-refractivity contribution is 9.10. The molecule has 1 unspecified atom stereocenters. The third-order valence-electron chi connectivity index (χ3n) is 2.60. The summed E-state index contributed by atoms with van der Waals surface area (Å²) in [5, 5.41) is 9.12. The molecule has 0 N–H and O–H groups in total. The predicted octanol–water partition coefficient (Wildman–Crippen LogP) is 4.06. The van der Waals surface area contributed by atoms with Gasteiger partial charge in [-0.2, -0.15) is 5.26 Å². The van der Waals surface area contributed by atoms with Crippen LogP contribution in [0.1, 0.15) is 38.2 Å². The van der Waals surface area contributed by atoms with Gasteiger partial charge in [0, 0.05) is 10.9 Å². The normalized spacial score (nSPS) is 12.2. The Morgan fingerprint density at radius 1 is 1.47 bits per heavy atom. The molecule has 0 saturated carbocycles. The van der Waals surface area contributed by atoms with Gasteiger partial charge in [0.2, 0.25) is 0 Å². The first kappa shape index (κ1) is 13.9. The second kappa shape index (κ2) is 6.56. The number of nitrogens with zero attached hydrogens (tertiary/aromatic N) is 1. The summed E-state index contributed by atoms with van der Waals surface area (Å²) in [7, 11) is 0. The predicted molar refractivity (Wildman–Crippen MR) is 71.6 cm³/mol. The molecule has 0 amide bonds. The van der Waals surface area contributed by atoms with Gasteiger partial charge < -0.3 is 0 Å². The molecule has 1 aromatic rings. The van der Waals surface area contributed by atoms with E-state index in [0.717, 1.165) is 16.5 Å². The monoisotopic (exact) mass is 293 g/mol. The standard InChI is InChI=1S/C14H16BrNO/c1-10(2)6-7-14(17)13(9-16)11-4-3-5-12(15)8-11/h3-5,8,10,13H,6-7H2,1-2H3. The molecule has 3 heteroatoms. The summed E-state index contributed by atoms with van der Waals surface area (Å²) in [6.45, 7) is 4.15. The van der Waals surface area contributed by atoms with Gasteiger partial charge in [0.15, 0.2) is 5.78 Å². The molecule has 0 aromatic heterocycles. The number of Topliss-reactive ketones (excluding diaryl/α,β-unsaturated/α-hetero) is 1. The van der Waals surface area contributed by atoms with E-state index in [1.165, 1.54) is 0 Å². The van der Waals surface area contributed by atoms with E-state index in [4.69, 9.17) is 5.26 Å². The van der Waals surface area contributed by atoms with Crippen LogP contribution < -0.4 is 0 Å². The Kier molecular flexibility index (Phi) is 5.37. The second-order valence-corrected chi connectivity index (χ2v) is 5.43. The Morgan fingerprint density at radius 2 is 2.18 bits per heavy atom. The molecule has 2 nitrogen and oxygen atoms in total. The Balaban J connectivity index is 2.79. The summed E-state index contributed by atoms with van der Waals surface area (Å²) in [6, 6.07) is 9.49. The van der Waals surface area contributed by atoms with Crippen LogP contribution in [-0.2, 0) is 4.79 Å². The van der Waals surface area contributed by atoms with E-state index < -0.39 is 5.92 Å². The minimum atomic E-state index is -0.633. The molecule has 0 heterocycles. The van der Waals surface area contributed by atoms with Crippen molar-refractivity contribution in [1.29, 1.82) is 5.26 Å². The van der Waals surface area contributed by atoms with Crippen LogP contribution in [0.25, 0.3) is 0 Å². The van der Waals surface area contributed by atoms with Crippen LogP contribution in [0.4, 0.5) is 0 Å². The van der Waals surface area contributed by atoms with Crippen LogP contribution in [0.15, 0.2) is 28.7 Å². The number of carbonyl (C=O) groups is 1. The van der Waals surface area contributed by atoms with Gasteiger partial charge in [-0.05, 0) is 30.0 Å². The zero-order valence-electron chi connectivity index (χ0n) is 10.1. The summed E-state index contributed by atoms with van der Waals surface area (Å²) >= 11 is 3.35. The molecular formula is C14H16BrNO. The fourth-order valence-corrected chi connectivity index (χ4v) is 2.01. The van der Waals surface area contributed by atoms with Gasteiger partial charge in [-0.3, -0.25) is 4.79 Å². The Labute approximate surface area is 111 Å². The molecule has 0 aliphatic rings. The molecule has 0 bridgehead atoms. The van der Waals surface area contributed by atoms with Crippen molar-refractivity contribution in [3.8, 4) is 6.07 Å². The van der Waals surface area contributed by atoms with Gasteiger partial charge in [-0.25, -0.2) is 0 Å². The average Bonchev–Trinajstić information content (AvgIpc) is 2.27. The van der Waals surface area contributed by atoms with E-state index in [9.17, 15) is 4.79 Å². The number of nitriles is 1. The average molecular weight is 294 g/mol. The largest absolute Gasteiger partial charge is 0.298 e. The number of ketones is 1. The first-order valence-electron chi connectivity index (χ1n) is 5.72. The number of benzene rings is 1. The van der Waals surface area contributed by atoms with E-state index in [0.29, 0.717) is 12.3 Å². The Hall–Kier alpha value is -1.14. The van der Waals surface area contributed by atoms with Gasteiger partial charge in [0.05, 0.1) is 6.07 Å². The fraction of sp³-hybridized carbons (Fsp3) is 0.429. The molecule has 0 spiro atoms. The van der Waals surface area contributed by atoms with Crippen LogP contribution >= 0.6 is 15.9 Å². The highest BCUT2D eigenvalue weighted by atomic mass is 79.9.